The highest BCUT2D eigenvalue weighted by molar-refractivity contribution is 5.95. The molecule has 3 nitrogen and oxygen atoms in total. The Bertz CT molecular complexity index is 626. The number of aryl methyl sites for hydroxylation is 1. The van der Waals surface area contributed by atoms with E-state index in [1.165, 1.54) is 12.1 Å². The fourth-order valence-corrected chi connectivity index (χ4v) is 1.90. The molecule has 0 aliphatic carbocycles. The summed E-state index contributed by atoms with van der Waals surface area (Å²) in [5.41, 5.74) is 8.71. The minimum absolute atomic E-state index is 0.173. The summed E-state index contributed by atoms with van der Waals surface area (Å²) in [5.74, 6) is -0.437. The molecule has 0 fully saturated rings. The molecule has 2 rings (SSSR count). The zero-order chi connectivity index (χ0) is 14.5. The molecule has 2 aromatic carbocycles. The number of nitrogen functional groups attached to an aromatic ring is 1. The molecule has 0 radical (unpaired) electrons. The normalized spacial score (nSPS) is 10.3. The van der Waals surface area contributed by atoms with Gasteiger partial charge in [0.2, 0.25) is 0 Å². The Labute approximate surface area is 117 Å². The standard InChI is InChI=1S/C16H17FN2O/c1-11-5-6-13(10-15(11)18)16(20)19-8-7-12-3-2-4-14(17)9-12/h2-6,9-10H,7-8,18H2,1H3,(H,19,20). The summed E-state index contributed by atoms with van der Waals surface area (Å²) in [6, 6.07) is 11.6. The summed E-state index contributed by atoms with van der Waals surface area (Å²) in [5, 5.41) is 2.80. The van der Waals surface area contributed by atoms with E-state index in [1.54, 1.807) is 18.2 Å². The lowest BCUT2D eigenvalue weighted by Crippen LogP contribution is -2.25. The van der Waals surface area contributed by atoms with Gasteiger partial charge in [0, 0.05) is 17.8 Å². The van der Waals surface area contributed by atoms with E-state index in [0.29, 0.717) is 24.2 Å². The molecule has 2 aromatic rings. The minimum Gasteiger partial charge on any atom is -0.398 e. The van der Waals surface area contributed by atoms with Crippen LogP contribution in [0.25, 0.3) is 0 Å². The maximum atomic E-state index is 13.0. The Morgan fingerprint density at radius 3 is 2.75 bits per heavy atom. The van der Waals surface area contributed by atoms with Crippen molar-refractivity contribution < 1.29 is 9.18 Å². The molecule has 3 N–H and O–H groups in total. The maximum absolute atomic E-state index is 13.0. The smallest absolute Gasteiger partial charge is 0.251 e. The lowest BCUT2D eigenvalue weighted by Gasteiger charge is -2.07. The minimum atomic E-state index is -0.264. The van der Waals surface area contributed by atoms with E-state index in [1.807, 2.05) is 19.1 Å². The lowest BCUT2D eigenvalue weighted by molar-refractivity contribution is 0.0954. The third kappa shape index (κ3) is 3.57. The Balaban J connectivity index is 1.90. The third-order valence-electron chi connectivity index (χ3n) is 3.13. The van der Waals surface area contributed by atoms with E-state index in [9.17, 15) is 9.18 Å². The van der Waals surface area contributed by atoms with Crippen molar-refractivity contribution in [3.63, 3.8) is 0 Å². The van der Waals surface area contributed by atoms with Crippen LogP contribution in [0, 0.1) is 12.7 Å². The van der Waals surface area contributed by atoms with Gasteiger partial charge in [0.15, 0.2) is 0 Å². The number of rotatable bonds is 4. The molecule has 0 aliphatic rings. The first-order chi connectivity index (χ1) is 9.56. The van der Waals surface area contributed by atoms with Crippen LogP contribution in [0.15, 0.2) is 42.5 Å². The van der Waals surface area contributed by atoms with Crippen LogP contribution in [-0.4, -0.2) is 12.5 Å². The highest BCUT2D eigenvalue weighted by atomic mass is 19.1. The second-order valence-corrected chi connectivity index (χ2v) is 4.71. The number of amides is 1. The fraction of sp³-hybridized carbons (Fsp3) is 0.188. The van der Waals surface area contributed by atoms with Gasteiger partial charge in [-0.3, -0.25) is 4.79 Å². The molecule has 0 heterocycles. The van der Waals surface area contributed by atoms with E-state index in [4.69, 9.17) is 5.73 Å². The fourth-order valence-electron chi connectivity index (χ4n) is 1.90. The predicted octanol–water partition coefficient (Wildman–Crippen LogP) is 2.69. The van der Waals surface area contributed by atoms with E-state index in [-0.39, 0.29) is 11.7 Å². The number of hydrogen-bond acceptors (Lipinski definition) is 2. The average Bonchev–Trinajstić information content (AvgIpc) is 2.42. The van der Waals surface area contributed by atoms with Gasteiger partial charge in [0.25, 0.3) is 5.91 Å². The molecule has 0 aromatic heterocycles. The van der Waals surface area contributed by atoms with Gasteiger partial charge in [-0.25, -0.2) is 4.39 Å². The summed E-state index contributed by atoms with van der Waals surface area (Å²) < 4.78 is 13.0. The third-order valence-corrected chi connectivity index (χ3v) is 3.13. The zero-order valence-corrected chi connectivity index (χ0v) is 11.3. The van der Waals surface area contributed by atoms with Crippen molar-refractivity contribution in [2.75, 3.05) is 12.3 Å². The topological polar surface area (TPSA) is 55.1 Å². The van der Waals surface area contributed by atoms with Crippen LogP contribution in [0.5, 0.6) is 0 Å². The first-order valence-electron chi connectivity index (χ1n) is 6.45. The number of carbonyl (C=O) groups is 1. The van der Waals surface area contributed by atoms with Crippen LogP contribution in [0.3, 0.4) is 0 Å². The summed E-state index contributed by atoms with van der Waals surface area (Å²) in [6.45, 7) is 2.34. The molecule has 0 bridgehead atoms. The summed E-state index contributed by atoms with van der Waals surface area (Å²) in [6.07, 6.45) is 0.588. The Morgan fingerprint density at radius 1 is 1.25 bits per heavy atom. The molecule has 1 amide bonds. The van der Waals surface area contributed by atoms with Crippen molar-refractivity contribution in [2.24, 2.45) is 0 Å². The van der Waals surface area contributed by atoms with Crippen molar-refractivity contribution in [1.82, 2.24) is 5.32 Å². The van der Waals surface area contributed by atoms with Crippen LogP contribution in [0.2, 0.25) is 0 Å². The Kier molecular flexibility index (Phi) is 4.35. The van der Waals surface area contributed by atoms with Crippen LogP contribution in [-0.2, 0) is 6.42 Å². The van der Waals surface area contributed by atoms with E-state index < -0.39 is 0 Å². The molecule has 0 atom stereocenters. The molecule has 104 valence electrons. The van der Waals surface area contributed by atoms with Crippen LogP contribution >= 0.6 is 0 Å². The highest BCUT2D eigenvalue weighted by Crippen LogP contribution is 2.12. The second-order valence-electron chi connectivity index (χ2n) is 4.71. The molecular formula is C16H17FN2O. The zero-order valence-electron chi connectivity index (χ0n) is 11.3. The SMILES string of the molecule is Cc1ccc(C(=O)NCCc2cccc(F)c2)cc1N. The second kappa shape index (κ2) is 6.19. The average molecular weight is 272 g/mol. The van der Waals surface area contributed by atoms with Gasteiger partial charge in [-0.05, 0) is 48.7 Å². The molecular weight excluding hydrogens is 255 g/mol. The number of carbonyl (C=O) groups excluding carboxylic acids is 1. The number of anilines is 1. The van der Waals surface area contributed by atoms with Crippen molar-refractivity contribution in [3.8, 4) is 0 Å². The quantitative estimate of drug-likeness (QED) is 0.841. The number of hydrogen-bond donors (Lipinski definition) is 2. The Hall–Kier alpha value is -2.36. The Morgan fingerprint density at radius 2 is 2.05 bits per heavy atom. The lowest BCUT2D eigenvalue weighted by atomic mass is 10.1. The van der Waals surface area contributed by atoms with Gasteiger partial charge >= 0.3 is 0 Å². The van der Waals surface area contributed by atoms with Crippen LogP contribution < -0.4 is 11.1 Å². The van der Waals surface area contributed by atoms with Crippen LogP contribution in [0.4, 0.5) is 10.1 Å². The molecule has 4 heteroatoms. The molecule has 0 saturated carbocycles. The van der Waals surface area contributed by atoms with Gasteiger partial charge in [0.1, 0.15) is 5.82 Å². The van der Waals surface area contributed by atoms with E-state index in [0.717, 1.165) is 11.1 Å². The summed E-state index contributed by atoms with van der Waals surface area (Å²) in [4.78, 5) is 11.9. The molecule has 0 aliphatic heterocycles. The van der Waals surface area contributed by atoms with Crippen molar-refractivity contribution >= 4 is 11.6 Å². The van der Waals surface area contributed by atoms with Crippen molar-refractivity contribution in [2.45, 2.75) is 13.3 Å². The molecule has 0 unspecified atom stereocenters. The van der Waals surface area contributed by atoms with E-state index >= 15 is 0 Å². The molecule has 0 spiro atoms. The van der Waals surface area contributed by atoms with Crippen molar-refractivity contribution in [1.29, 1.82) is 0 Å². The van der Waals surface area contributed by atoms with Gasteiger partial charge in [-0.15, -0.1) is 0 Å². The van der Waals surface area contributed by atoms with Gasteiger partial charge in [-0.2, -0.15) is 0 Å². The number of nitrogens with one attached hydrogen (secondary N) is 1. The largest absolute Gasteiger partial charge is 0.398 e. The summed E-state index contributed by atoms with van der Waals surface area (Å²) in [7, 11) is 0. The first-order valence-corrected chi connectivity index (χ1v) is 6.45. The first kappa shape index (κ1) is 14.1. The number of nitrogens with two attached hydrogens (primary N) is 1. The van der Waals surface area contributed by atoms with Gasteiger partial charge in [-0.1, -0.05) is 18.2 Å². The van der Waals surface area contributed by atoms with Crippen molar-refractivity contribution in [3.05, 3.63) is 65.0 Å². The number of benzene rings is 2. The number of halogens is 1. The summed E-state index contributed by atoms with van der Waals surface area (Å²) >= 11 is 0. The molecule has 20 heavy (non-hydrogen) atoms. The predicted molar refractivity (Wildman–Crippen MR) is 78.0 cm³/mol. The van der Waals surface area contributed by atoms with Gasteiger partial charge < -0.3 is 11.1 Å². The highest BCUT2D eigenvalue weighted by Gasteiger charge is 2.06. The monoisotopic (exact) mass is 272 g/mol. The van der Waals surface area contributed by atoms with Gasteiger partial charge in [0.05, 0.1) is 0 Å². The van der Waals surface area contributed by atoms with E-state index in [2.05, 4.69) is 5.32 Å². The maximum Gasteiger partial charge on any atom is 0.251 e. The van der Waals surface area contributed by atoms with Crippen LogP contribution in [0.1, 0.15) is 21.5 Å². The molecule has 0 saturated heterocycles.